The molecule has 0 saturated carbocycles. The Bertz CT molecular complexity index is 1140. The zero-order valence-electron chi connectivity index (χ0n) is 20.8. The van der Waals surface area contributed by atoms with Gasteiger partial charge in [0.1, 0.15) is 11.4 Å². The number of aliphatic hydroxyl groups is 2. The van der Waals surface area contributed by atoms with Gasteiger partial charge >= 0.3 is 11.9 Å². The Hall–Kier alpha value is -3.30. The molecule has 0 bridgehead atoms. The highest BCUT2D eigenvalue weighted by atomic mass is 16.4. The van der Waals surface area contributed by atoms with Crippen molar-refractivity contribution in [2.45, 2.75) is 66.2 Å². The number of aromatic carboxylic acids is 2. The number of aromatic amines is 3. The zero-order valence-corrected chi connectivity index (χ0v) is 20.8. The summed E-state index contributed by atoms with van der Waals surface area (Å²) in [6.07, 6.45) is 3.23. The number of carboxylic acid groups (broad SMARTS) is 2. The zero-order chi connectivity index (χ0) is 25.9. The molecular formula is C26H35N3O6. The van der Waals surface area contributed by atoms with Crippen LogP contribution in [0.15, 0.2) is 0 Å². The average Bonchev–Trinajstić information content (AvgIpc) is 3.42. The molecule has 9 heteroatoms. The number of hydrogen-bond donors (Lipinski definition) is 7. The molecule has 35 heavy (non-hydrogen) atoms. The molecule has 0 aromatic carbocycles. The van der Waals surface area contributed by atoms with E-state index in [1.807, 2.05) is 0 Å². The van der Waals surface area contributed by atoms with Crippen molar-refractivity contribution in [3.8, 4) is 0 Å². The van der Waals surface area contributed by atoms with Gasteiger partial charge < -0.3 is 35.4 Å². The first kappa shape index (κ1) is 26.3. The van der Waals surface area contributed by atoms with Gasteiger partial charge in [-0.25, -0.2) is 9.59 Å². The van der Waals surface area contributed by atoms with Crippen LogP contribution in [0.4, 0.5) is 0 Å². The molecule has 3 aromatic rings. The summed E-state index contributed by atoms with van der Waals surface area (Å²) in [5.41, 5.74) is 8.99. The van der Waals surface area contributed by atoms with Gasteiger partial charge in [0.05, 0.1) is 0 Å². The standard InChI is InChI=1S/C26H35N3O6/c1-5-15-16(6-2)20(12-22-18(8-10-31)14(4)24(29-22)26(34)35)27-19(15)11-21-17(7-9-30)13(3)23(28-21)25(32)33/h27-31H,5-12H2,1-4H3,(H,32,33)(H,34,35). The SMILES string of the molecule is CCc1c(Cc2[nH]c(C(=O)O)c(C)c2CCO)[nH]c(Cc2[nH]c(C(=O)O)c(C)c2CCO)c1CC. The summed E-state index contributed by atoms with van der Waals surface area (Å²) < 4.78 is 0. The molecule has 190 valence electrons. The van der Waals surface area contributed by atoms with E-state index in [9.17, 15) is 30.0 Å². The number of carbonyl (C=O) groups is 2. The summed E-state index contributed by atoms with van der Waals surface area (Å²) in [4.78, 5) is 33.0. The third-order valence-electron chi connectivity index (χ3n) is 6.90. The predicted octanol–water partition coefficient (Wildman–Crippen LogP) is 3.06. The fraction of sp³-hybridized carbons (Fsp3) is 0.462. The average molecular weight is 486 g/mol. The highest BCUT2D eigenvalue weighted by Crippen LogP contribution is 2.29. The number of aliphatic hydroxyl groups excluding tert-OH is 2. The summed E-state index contributed by atoms with van der Waals surface area (Å²) in [6, 6.07) is 0. The number of hydrogen-bond acceptors (Lipinski definition) is 4. The first-order chi connectivity index (χ1) is 16.7. The Kier molecular flexibility index (Phi) is 8.24. The molecule has 0 aliphatic carbocycles. The van der Waals surface area contributed by atoms with Crippen LogP contribution in [-0.2, 0) is 38.5 Å². The number of aromatic nitrogens is 3. The van der Waals surface area contributed by atoms with Crippen molar-refractivity contribution >= 4 is 11.9 Å². The minimum absolute atomic E-state index is 0.0761. The van der Waals surface area contributed by atoms with Crippen molar-refractivity contribution in [3.05, 3.63) is 67.5 Å². The lowest BCUT2D eigenvalue weighted by Crippen LogP contribution is -2.01. The van der Waals surface area contributed by atoms with Crippen LogP contribution in [0.25, 0.3) is 0 Å². The summed E-state index contributed by atoms with van der Waals surface area (Å²) in [6.45, 7) is 7.50. The van der Waals surface area contributed by atoms with E-state index in [1.54, 1.807) is 13.8 Å². The van der Waals surface area contributed by atoms with Gasteiger partial charge in [-0.3, -0.25) is 0 Å². The number of carboxylic acids is 2. The molecule has 7 N–H and O–H groups in total. The number of H-pyrrole nitrogens is 3. The molecule has 3 aromatic heterocycles. The highest BCUT2D eigenvalue weighted by Gasteiger charge is 2.24. The van der Waals surface area contributed by atoms with Crippen molar-refractivity contribution < 1.29 is 30.0 Å². The highest BCUT2D eigenvalue weighted by molar-refractivity contribution is 5.88. The van der Waals surface area contributed by atoms with E-state index >= 15 is 0 Å². The molecule has 0 unspecified atom stereocenters. The van der Waals surface area contributed by atoms with E-state index in [2.05, 4.69) is 28.8 Å². The minimum atomic E-state index is -1.03. The number of rotatable bonds is 12. The Morgan fingerprint density at radius 1 is 0.629 bits per heavy atom. The third kappa shape index (κ3) is 5.06. The summed E-state index contributed by atoms with van der Waals surface area (Å²) in [5.74, 6) is -2.06. The van der Waals surface area contributed by atoms with E-state index in [4.69, 9.17) is 0 Å². The van der Waals surface area contributed by atoms with Gasteiger partial charge in [-0.15, -0.1) is 0 Å². The molecule has 0 spiro atoms. The van der Waals surface area contributed by atoms with Gasteiger partial charge in [0.25, 0.3) is 0 Å². The van der Waals surface area contributed by atoms with Crippen LogP contribution < -0.4 is 0 Å². The molecule has 0 amide bonds. The molecule has 0 radical (unpaired) electrons. The van der Waals surface area contributed by atoms with Crippen LogP contribution in [-0.4, -0.2) is 60.5 Å². The van der Waals surface area contributed by atoms with Crippen molar-refractivity contribution in [3.63, 3.8) is 0 Å². The smallest absolute Gasteiger partial charge is 0.352 e. The Morgan fingerprint density at radius 3 is 1.26 bits per heavy atom. The van der Waals surface area contributed by atoms with Crippen LogP contribution >= 0.6 is 0 Å². The first-order valence-corrected chi connectivity index (χ1v) is 12.0. The van der Waals surface area contributed by atoms with E-state index < -0.39 is 11.9 Å². The van der Waals surface area contributed by atoms with E-state index in [0.717, 1.165) is 57.9 Å². The molecule has 3 heterocycles. The van der Waals surface area contributed by atoms with Crippen molar-refractivity contribution in [1.82, 2.24) is 15.0 Å². The van der Waals surface area contributed by atoms with Crippen LogP contribution in [0.3, 0.4) is 0 Å². The summed E-state index contributed by atoms with van der Waals surface area (Å²) in [5, 5.41) is 38.2. The molecule has 0 atom stereocenters. The lowest BCUT2D eigenvalue weighted by molar-refractivity contribution is 0.0679. The quantitative estimate of drug-likeness (QED) is 0.208. The van der Waals surface area contributed by atoms with Gasteiger partial charge in [0, 0.05) is 48.8 Å². The fourth-order valence-corrected chi connectivity index (χ4v) is 5.23. The maximum atomic E-state index is 11.7. The Labute approximate surface area is 204 Å². The molecule has 0 fully saturated rings. The fourth-order valence-electron chi connectivity index (χ4n) is 5.23. The largest absolute Gasteiger partial charge is 0.477 e. The van der Waals surface area contributed by atoms with E-state index in [1.165, 1.54) is 0 Å². The summed E-state index contributed by atoms with van der Waals surface area (Å²) in [7, 11) is 0. The minimum Gasteiger partial charge on any atom is -0.477 e. The van der Waals surface area contributed by atoms with E-state index in [0.29, 0.717) is 36.8 Å². The van der Waals surface area contributed by atoms with Crippen LogP contribution in [0, 0.1) is 13.8 Å². The molecule has 0 aliphatic rings. The summed E-state index contributed by atoms with van der Waals surface area (Å²) >= 11 is 0. The van der Waals surface area contributed by atoms with Crippen molar-refractivity contribution in [2.75, 3.05) is 13.2 Å². The monoisotopic (exact) mass is 485 g/mol. The Morgan fingerprint density at radius 2 is 0.971 bits per heavy atom. The molecule has 0 saturated heterocycles. The topological polar surface area (TPSA) is 162 Å². The van der Waals surface area contributed by atoms with Crippen LogP contribution in [0.5, 0.6) is 0 Å². The molecule has 0 aliphatic heterocycles. The second kappa shape index (κ2) is 11.0. The Balaban J connectivity index is 2.07. The second-order valence-corrected chi connectivity index (χ2v) is 8.82. The lowest BCUT2D eigenvalue weighted by Gasteiger charge is -2.07. The van der Waals surface area contributed by atoms with Gasteiger partial charge in [-0.05, 0) is 72.9 Å². The third-order valence-corrected chi connectivity index (χ3v) is 6.90. The molecule has 9 nitrogen and oxygen atoms in total. The van der Waals surface area contributed by atoms with Gasteiger partial charge in [-0.1, -0.05) is 13.8 Å². The maximum Gasteiger partial charge on any atom is 0.352 e. The van der Waals surface area contributed by atoms with Crippen molar-refractivity contribution in [1.29, 1.82) is 0 Å². The lowest BCUT2D eigenvalue weighted by atomic mass is 9.97. The second-order valence-electron chi connectivity index (χ2n) is 8.82. The van der Waals surface area contributed by atoms with Gasteiger partial charge in [-0.2, -0.15) is 0 Å². The van der Waals surface area contributed by atoms with Crippen molar-refractivity contribution in [2.24, 2.45) is 0 Å². The predicted molar refractivity (Wildman–Crippen MR) is 132 cm³/mol. The van der Waals surface area contributed by atoms with E-state index in [-0.39, 0.29) is 24.6 Å². The maximum absolute atomic E-state index is 11.7. The van der Waals surface area contributed by atoms with Crippen LogP contribution in [0.1, 0.15) is 91.0 Å². The first-order valence-electron chi connectivity index (χ1n) is 12.0. The molecular weight excluding hydrogens is 450 g/mol. The van der Waals surface area contributed by atoms with Gasteiger partial charge in [0.15, 0.2) is 0 Å². The van der Waals surface area contributed by atoms with Crippen LogP contribution in [0.2, 0.25) is 0 Å². The van der Waals surface area contributed by atoms with Gasteiger partial charge in [0.2, 0.25) is 0 Å². The normalized spacial score (nSPS) is 11.4. The molecule has 3 rings (SSSR count). The number of nitrogens with one attached hydrogen (secondary N) is 3.